The largest absolute Gasteiger partial charge is 0.462 e. The minimum absolute atomic E-state index is 0.337. The lowest BCUT2D eigenvalue weighted by molar-refractivity contribution is 0.0526. The van der Waals surface area contributed by atoms with E-state index in [1.54, 1.807) is 55.5 Å². The highest BCUT2D eigenvalue weighted by Crippen LogP contribution is 2.24. The van der Waals surface area contributed by atoms with Gasteiger partial charge in [-0.05, 0) is 43.3 Å². The molecule has 0 aliphatic rings. The topological polar surface area (TPSA) is 52.6 Å². The number of benzene rings is 2. The van der Waals surface area contributed by atoms with Crippen molar-refractivity contribution >= 4 is 12.3 Å². The number of carbonyl (C=O) groups is 2. The summed E-state index contributed by atoms with van der Waals surface area (Å²) in [7, 11) is 0. The molecule has 0 spiro atoms. The molecule has 0 heterocycles. The summed E-state index contributed by atoms with van der Waals surface area (Å²) in [5.74, 6) is 0.658. The molecular formula is C16H14O4. The van der Waals surface area contributed by atoms with E-state index in [0.717, 1.165) is 6.29 Å². The van der Waals surface area contributed by atoms with Gasteiger partial charge in [-0.1, -0.05) is 12.1 Å². The molecule has 0 saturated heterocycles. The van der Waals surface area contributed by atoms with Gasteiger partial charge in [-0.3, -0.25) is 4.79 Å². The Hall–Kier alpha value is -2.62. The third-order valence-corrected chi connectivity index (χ3v) is 2.64. The van der Waals surface area contributed by atoms with Gasteiger partial charge in [0, 0.05) is 0 Å². The summed E-state index contributed by atoms with van der Waals surface area (Å²) in [5, 5.41) is 0. The van der Waals surface area contributed by atoms with Crippen LogP contribution in [0.15, 0.2) is 48.5 Å². The molecule has 0 atom stereocenters. The Bertz CT molecular complexity index is 602. The van der Waals surface area contributed by atoms with Gasteiger partial charge in [0.15, 0.2) is 6.29 Å². The van der Waals surface area contributed by atoms with Gasteiger partial charge in [-0.2, -0.15) is 0 Å². The number of para-hydroxylation sites is 1. The number of hydrogen-bond donors (Lipinski definition) is 0. The van der Waals surface area contributed by atoms with Crippen molar-refractivity contribution in [3.05, 3.63) is 59.7 Å². The zero-order valence-corrected chi connectivity index (χ0v) is 11.0. The summed E-state index contributed by atoms with van der Waals surface area (Å²) >= 11 is 0. The van der Waals surface area contributed by atoms with Crippen molar-refractivity contribution in [1.29, 1.82) is 0 Å². The molecule has 0 aliphatic carbocycles. The maximum Gasteiger partial charge on any atom is 0.338 e. The van der Waals surface area contributed by atoms with Crippen LogP contribution in [0.1, 0.15) is 27.6 Å². The molecule has 0 amide bonds. The van der Waals surface area contributed by atoms with E-state index in [1.807, 2.05) is 0 Å². The molecule has 102 valence electrons. The van der Waals surface area contributed by atoms with Crippen LogP contribution < -0.4 is 4.74 Å². The molecule has 0 N–H and O–H groups in total. The lowest BCUT2D eigenvalue weighted by Gasteiger charge is -2.08. The van der Waals surface area contributed by atoms with Crippen LogP contribution in [-0.2, 0) is 4.74 Å². The molecule has 0 radical (unpaired) electrons. The van der Waals surface area contributed by atoms with Crippen LogP contribution in [0, 0.1) is 0 Å². The first-order chi connectivity index (χ1) is 9.74. The SMILES string of the molecule is CCOC(=O)c1ccc(Oc2ccccc2C=O)cc1. The molecule has 0 bridgehead atoms. The third kappa shape index (κ3) is 3.23. The first kappa shape index (κ1) is 13.8. The Balaban J connectivity index is 2.15. The van der Waals surface area contributed by atoms with Crippen LogP contribution in [-0.4, -0.2) is 18.9 Å². The summed E-state index contributed by atoms with van der Waals surface area (Å²) in [6, 6.07) is 13.5. The van der Waals surface area contributed by atoms with E-state index in [9.17, 15) is 9.59 Å². The van der Waals surface area contributed by atoms with Gasteiger partial charge < -0.3 is 9.47 Å². The molecule has 2 aromatic rings. The average molecular weight is 270 g/mol. The van der Waals surface area contributed by atoms with Gasteiger partial charge in [-0.25, -0.2) is 4.79 Å². The van der Waals surface area contributed by atoms with Crippen LogP contribution >= 0.6 is 0 Å². The first-order valence-corrected chi connectivity index (χ1v) is 6.24. The predicted octanol–water partition coefficient (Wildman–Crippen LogP) is 3.47. The van der Waals surface area contributed by atoms with Crippen LogP contribution in [0.5, 0.6) is 11.5 Å². The quantitative estimate of drug-likeness (QED) is 0.616. The van der Waals surface area contributed by atoms with Crippen LogP contribution in [0.25, 0.3) is 0 Å². The zero-order valence-electron chi connectivity index (χ0n) is 11.0. The molecule has 0 fully saturated rings. The van der Waals surface area contributed by atoms with Gasteiger partial charge in [-0.15, -0.1) is 0 Å². The monoisotopic (exact) mass is 270 g/mol. The third-order valence-electron chi connectivity index (χ3n) is 2.64. The van der Waals surface area contributed by atoms with Crippen LogP contribution in [0.2, 0.25) is 0 Å². The second kappa shape index (κ2) is 6.52. The lowest BCUT2D eigenvalue weighted by atomic mass is 10.2. The predicted molar refractivity (Wildman–Crippen MR) is 74.3 cm³/mol. The Morgan fingerprint density at radius 3 is 2.45 bits per heavy atom. The van der Waals surface area contributed by atoms with Crippen LogP contribution in [0.4, 0.5) is 0 Å². The average Bonchev–Trinajstić information content (AvgIpc) is 2.49. The summed E-state index contributed by atoms with van der Waals surface area (Å²) in [6.07, 6.45) is 0.738. The number of ether oxygens (including phenoxy) is 2. The summed E-state index contributed by atoms with van der Waals surface area (Å²) in [6.45, 7) is 2.09. The zero-order chi connectivity index (χ0) is 14.4. The fraction of sp³-hybridized carbons (Fsp3) is 0.125. The fourth-order valence-corrected chi connectivity index (χ4v) is 1.67. The molecule has 2 rings (SSSR count). The number of hydrogen-bond acceptors (Lipinski definition) is 4. The van der Waals surface area contributed by atoms with Crippen molar-refractivity contribution in [1.82, 2.24) is 0 Å². The van der Waals surface area contributed by atoms with Crippen molar-refractivity contribution in [2.75, 3.05) is 6.61 Å². The molecule has 20 heavy (non-hydrogen) atoms. The summed E-state index contributed by atoms with van der Waals surface area (Å²) in [4.78, 5) is 22.4. The van der Waals surface area contributed by atoms with Gasteiger partial charge in [0.2, 0.25) is 0 Å². The highest BCUT2D eigenvalue weighted by molar-refractivity contribution is 5.89. The maximum absolute atomic E-state index is 11.5. The Labute approximate surface area is 116 Å². The maximum atomic E-state index is 11.5. The Morgan fingerprint density at radius 2 is 1.80 bits per heavy atom. The van der Waals surface area contributed by atoms with E-state index in [1.165, 1.54) is 0 Å². The van der Waals surface area contributed by atoms with E-state index in [-0.39, 0.29) is 5.97 Å². The molecular weight excluding hydrogens is 256 g/mol. The Morgan fingerprint density at radius 1 is 1.10 bits per heavy atom. The molecule has 0 aromatic heterocycles. The van der Waals surface area contributed by atoms with Crippen molar-refractivity contribution in [3.8, 4) is 11.5 Å². The molecule has 0 aliphatic heterocycles. The molecule has 4 heteroatoms. The first-order valence-electron chi connectivity index (χ1n) is 6.24. The minimum atomic E-state index is -0.368. The molecule has 0 saturated carbocycles. The van der Waals surface area contributed by atoms with Crippen molar-refractivity contribution < 1.29 is 19.1 Å². The molecule has 0 unspecified atom stereocenters. The smallest absolute Gasteiger partial charge is 0.338 e. The van der Waals surface area contributed by atoms with Crippen LogP contribution in [0.3, 0.4) is 0 Å². The van der Waals surface area contributed by atoms with Gasteiger partial charge in [0.25, 0.3) is 0 Å². The van der Waals surface area contributed by atoms with E-state index >= 15 is 0 Å². The number of esters is 1. The van der Waals surface area contributed by atoms with Crippen molar-refractivity contribution in [2.24, 2.45) is 0 Å². The normalized spacial score (nSPS) is 9.85. The highest BCUT2D eigenvalue weighted by atomic mass is 16.5. The van der Waals surface area contributed by atoms with Crippen molar-refractivity contribution in [2.45, 2.75) is 6.92 Å². The van der Waals surface area contributed by atoms with Gasteiger partial charge in [0.05, 0.1) is 17.7 Å². The van der Waals surface area contributed by atoms with Gasteiger partial charge >= 0.3 is 5.97 Å². The van der Waals surface area contributed by atoms with Gasteiger partial charge in [0.1, 0.15) is 11.5 Å². The number of rotatable bonds is 5. The van der Waals surface area contributed by atoms with E-state index < -0.39 is 0 Å². The highest BCUT2D eigenvalue weighted by Gasteiger charge is 2.07. The second-order valence-electron chi connectivity index (χ2n) is 4.00. The number of carbonyl (C=O) groups excluding carboxylic acids is 2. The molecule has 4 nitrogen and oxygen atoms in total. The number of aldehydes is 1. The summed E-state index contributed by atoms with van der Waals surface area (Å²) < 4.78 is 10.5. The Kier molecular flexibility index (Phi) is 4.50. The standard InChI is InChI=1S/C16H14O4/c1-2-19-16(18)12-7-9-14(10-8-12)20-15-6-4-3-5-13(15)11-17/h3-11H,2H2,1H3. The minimum Gasteiger partial charge on any atom is -0.462 e. The van der Waals surface area contributed by atoms with E-state index in [2.05, 4.69) is 0 Å². The van der Waals surface area contributed by atoms with E-state index in [0.29, 0.717) is 29.2 Å². The molecule has 2 aromatic carbocycles. The lowest BCUT2D eigenvalue weighted by Crippen LogP contribution is -2.04. The van der Waals surface area contributed by atoms with Crippen molar-refractivity contribution in [3.63, 3.8) is 0 Å². The second-order valence-corrected chi connectivity index (χ2v) is 4.00. The van der Waals surface area contributed by atoms with E-state index in [4.69, 9.17) is 9.47 Å². The fourth-order valence-electron chi connectivity index (χ4n) is 1.67. The summed E-state index contributed by atoms with van der Waals surface area (Å²) in [5.41, 5.74) is 0.935.